The summed E-state index contributed by atoms with van der Waals surface area (Å²) in [5.41, 5.74) is 3.69. The SMILES string of the molecule is COc1nc(C2CCOCC2)ncc1Nc1nccc(-c2cc(C#N)c3c(c2)C(C)(CO)CN3)n1. The third-order valence-corrected chi connectivity index (χ3v) is 6.66. The Hall–Kier alpha value is -3.81. The maximum atomic E-state index is 9.97. The van der Waals surface area contributed by atoms with Gasteiger partial charge in [-0.15, -0.1) is 0 Å². The number of aliphatic hydroxyl groups excluding tert-OH is 1. The molecule has 0 bridgehead atoms. The second-order valence-electron chi connectivity index (χ2n) is 9.06. The number of aromatic nitrogens is 4. The van der Waals surface area contributed by atoms with Gasteiger partial charge in [-0.1, -0.05) is 6.92 Å². The minimum atomic E-state index is -0.470. The number of nitrogens with one attached hydrogen (secondary N) is 2. The fourth-order valence-corrected chi connectivity index (χ4v) is 4.54. The summed E-state index contributed by atoms with van der Waals surface area (Å²) in [6.07, 6.45) is 5.11. The van der Waals surface area contributed by atoms with Gasteiger partial charge in [0.05, 0.1) is 36.9 Å². The quantitative estimate of drug-likeness (QED) is 0.489. The minimum Gasteiger partial charge on any atom is -0.479 e. The number of methoxy groups -OCH3 is 1. The Labute approximate surface area is 203 Å². The van der Waals surface area contributed by atoms with E-state index in [0.29, 0.717) is 48.5 Å². The molecule has 10 nitrogen and oxygen atoms in total. The predicted octanol–water partition coefficient (Wildman–Crippen LogP) is 3.13. The molecule has 10 heteroatoms. The van der Waals surface area contributed by atoms with Gasteiger partial charge in [-0.05, 0) is 36.6 Å². The highest BCUT2D eigenvalue weighted by molar-refractivity contribution is 5.76. The number of hydrogen-bond donors (Lipinski definition) is 3. The number of fused-ring (bicyclic) bond motifs is 1. The van der Waals surface area contributed by atoms with E-state index in [0.717, 1.165) is 35.5 Å². The van der Waals surface area contributed by atoms with E-state index in [4.69, 9.17) is 9.47 Å². The minimum absolute atomic E-state index is 0.0262. The van der Waals surface area contributed by atoms with Crippen LogP contribution in [0.3, 0.4) is 0 Å². The van der Waals surface area contributed by atoms with E-state index in [9.17, 15) is 10.4 Å². The summed E-state index contributed by atoms with van der Waals surface area (Å²) >= 11 is 0. The Morgan fingerprint density at radius 1 is 1.29 bits per heavy atom. The van der Waals surface area contributed by atoms with Gasteiger partial charge >= 0.3 is 0 Å². The van der Waals surface area contributed by atoms with E-state index in [-0.39, 0.29) is 12.5 Å². The van der Waals surface area contributed by atoms with Crippen molar-refractivity contribution in [3.8, 4) is 23.2 Å². The van der Waals surface area contributed by atoms with E-state index in [1.165, 1.54) is 0 Å². The second kappa shape index (κ2) is 9.44. The summed E-state index contributed by atoms with van der Waals surface area (Å²) in [5.74, 6) is 1.77. The first kappa shape index (κ1) is 23.0. The highest BCUT2D eigenvalue weighted by Gasteiger charge is 2.36. The average Bonchev–Trinajstić information content (AvgIpc) is 3.26. The summed E-state index contributed by atoms with van der Waals surface area (Å²) in [6, 6.07) is 7.82. The van der Waals surface area contributed by atoms with Crippen molar-refractivity contribution < 1.29 is 14.6 Å². The van der Waals surface area contributed by atoms with Crippen molar-refractivity contribution in [2.45, 2.75) is 31.1 Å². The van der Waals surface area contributed by atoms with Gasteiger partial charge in [-0.2, -0.15) is 10.2 Å². The molecule has 180 valence electrons. The molecule has 1 saturated heterocycles. The molecule has 1 unspecified atom stereocenters. The Bertz CT molecular complexity index is 1290. The highest BCUT2D eigenvalue weighted by Crippen LogP contribution is 2.41. The Morgan fingerprint density at radius 3 is 2.86 bits per heavy atom. The van der Waals surface area contributed by atoms with Gasteiger partial charge in [0.25, 0.3) is 0 Å². The molecule has 4 heterocycles. The first-order valence-corrected chi connectivity index (χ1v) is 11.6. The first-order chi connectivity index (χ1) is 17.0. The smallest absolute Gasteiger partial charge is 0.240 e. The number of benzene rings is 1. The molecule has 2 aliphatic rings. The lowest BCUT2D eigenvalue weighted by Crippen LogP contribution is -2.28. The number of hydrogen-bond acceptors (Lipinski definition) is 10. The maximum absolute atomic E-state index is 9.97. The van der Waals surface area contributed by atoms with Crippen molar-refractivity contribution in [3.63, 3.8) is 0 Å². The third-order valence-electron chi connectivity index (χ3n) is 6.66. The molecule has 35 heavy (non-hydrogen) atoms. The summed E-state index contributed by atoms with van der Waals surface area (Å²) in [6.45, 7) is 3.93. The van der Waals surface area contributed by atoms with Crippen LogP contribution in [0.1, 0.15) is 42.6 Å². The van der Waals surface area contributed by atoms with Crippen molar-refractivity contribution >= 4 is 17.3 Å². The van der Waals surface area contributed by atoms with Gasteiger partial charge in [0.2, 0.25) is 11.8 Å². The Morgan fingerprint density at radius 2 is 2.11 bits per heavy atom. The van der Waals surface area contributed by atoms with E-state index in [2.05, 4.69) is 36.6 Å². The average molecular weight is 474 g/mol. The van der Waals surface area contributed by atoms with E-state index in [1.54, 1.807) is 31.6 Å². The van der Waals surface area contributed by atoms with Gasteiger partial charge in [-0.3, -0.25) is 0 Å². The number of nitrogens with zero attached hydrogens (tertiary/aromatic N) is 5. The van der Waals surface area contributed by atoms with Gasteiger partial charge in [0, 0.05) is 42.9 Å². The zero-order valence-electron chi connectivity index (χ0n) is 19.7. The Kier molecular flexibility index (Phi) is 6.19. The van der Waals surface area contributed by atoms with Crippen molar-refractivity contribution in [3.05, 3.63) is 47.5 Å². The number of rotatable bonds is 6. The molecule has 2 aliphatic heterocycles. The van der Waals surface area contributed by atoms with Crippen LogP contribution in [0, 0.1) is 11.3 Å². The van der Waals surface area contributed by atoms with E-state index in [1.807, 2.05) is 13.0 Å². The summed E-state index contributed by atoms with van der Waals surface area (Å²) in [5, 5.41) is 26.1. The largest absolute Gasteiger partial charge is 0.479 e. The van der Waals surface area contributed by atoms with Crippen molar-refractivity contribution in [2.24, 2.45) is 0 Å². The number of aliphatic hydroxyl groups is 1. The van der Waals surface area contributed by atoms with Crippen LogP contribution in [0.5, 0.6) is 5.88 Å². The molecule has 1 atom stereocenters. The monoisotopic (exact) mass is 473 g/mol. The Balaban J connectivity index is 1.45. The third kappa shape index (κ3) is 4.36. The number of nitriles is 1. The molecule has 5 rings (SSSR count). The van der Waals surface area contributed by atoms with E-state index < -0.39 is 5.41 Å². The first-order valence-electron chi connectivity index (χ1n) is 11.6. The van der Waals surface area contributed by atoms with Crippen LogP contribution in [0.2, 0.25) is 0 Å². The molecule has 0 saturated carbocycles. The van der Waals surface area contributed by atoms with Crippen LogP contribution >= 0.6 is 0 Å². The fourth-order valence-electron chi connectivity index (χ4n) is 4.54. The molecule has 3 N–H and O–H groups in total. The topological polar surface area (TPSA) is 138 Å². The van der Waals surface area contributed by atoms with Crippen LogP contribution in [-0.2, 0) is 10.2 Å². The van der Waals surface area contributed by atoms with Gasteiger partial charge in [0.15, 0.2) is 0 Å². The van der Waals surface area contributed by atoms with Crippen molar-refractivity contribution in [1.29, 1.82) is 5.26 Å². The zero-order chi connectivity index (χ0) is 24.4. The number of ether oxygens (including phenoxy) is 2. The lowest BCUT2D eigenvalue weighted by molar-refractivity contribution is 0.0834. The summed E-state index contributed by atoms with van der Waals surface area (Å²) < 4.78 is 10.9. The van der Waals surface area contributed by atoms with Crippen molar-refractivity contribution in [1.82, 2.24) is 19.9 Å². The van der Waals surface area contributed by atoms with Gasteiger partial charge in [0.1, 0.15) is 17.6 Å². The second-order valence-corrected chi connectivity index (χ2v) is 9.06. The molecular weight excluding hydrogens is 446 g/mol. The molecule has 0 spiro atoms. The predicted molar refractivity (Wildman–Crippen MR) is 130 cm³/mol. The van der Waals surface area contributed by atoms with Crippen LogP contribution in [-0.4, -0.2) is 58.5 Å². The molecule has 0 aliphatic carbocycles. The number of anilines is 3. The molecule has 1 fully saturated rings. The summed E-state index contributed by atoms with van der Waals surface area (Å²) in [4.78, 5) is 18.1. The normalized spacial score (nSPS) is 19.5. The molecular formula is C25H27N7O3. The van der Waals surface area contributed by atoms with Crippen molar-refractivity contribution in [2.75, 3.05) is 44.1 Å². The zero-order valence-corrected chi connectivity index (χ0v) is 19.7. The molecule has 1 aromatic carbocycles. The standard InChI is InChI=1S/C25H27N7O3/c1-25(14-33)13-29-21-17(11-26)9-16(10-18(21)25)19-3-6-27-24(30-19)31-20-12-28-22(32-23(20)34-2)15-4-7-35-8-5-15/h3,6,9-10,12,15,29,33H,4-5,7-8,13-14H2,1-2H3,(H,27,30,31). The molecule has 2 aromatic heterocycles. The van der Waals surface area contributed by atoms with Crippen LogP contribution in [0.4, 0.5) is 17.3 Å². The maximum Gasteiger partial charge on any atom is 0.240 e. The molecule has 0 radical (unpaired) electrons. The lowest BCUT2D eigenvalue weighted by Gasteiger charge is -2.21. The van der Waals surface area contributed by atoms with E-state index >= 15 is 0 Å². The molecule has 0 amide bonds. The fraction of sp³-hybridized carbons (Fsp3) is 0.400. The molecule has 3 aromatic rings. The van der Waals surface area contributed by atoms with Gasteiger partial charge < -0.3 is 25.2 Å². The summed E-state index contributed by atoms with van der Waals surface area (Å²) in [7, 11) is 1.57. The highest BCUT2D eigenvalue weighted by atomic mass is 16.5. The lowest BCUT2D eigenvalue weighted by atomic mass is 9.83. The van der Waals surface area contributed by atoms with Crippen LogP contribution < -0.4 is 15.4 Å². The van der Waals surface area contributed by atoms with Crippen LogP contribution in [0.15, 0.2) is 30.6 Å². The van der Waals surface area contributed by atoms with Crippen LogP contribution in [0.25, 0.3) is 11.3 Å². The van der Waals surface area contributed by atoms with Gasteiger partial charge in [-0.25, -0.2) is 15.0 Å².